The Bertz CT molecular complexity index is 1480. The first-order valence-corrected chi connectivity index (χ1v) is 12.3. The van der Waals surface area contributed by atoms with E-state index in [1.807, 2.05) is 45.5 Å². The molecule has 0 amide bonds. The van der Waals surface area contributed by atoms with Gasteiger partial charge in [0.2, 0.25) is 5.78 Å². The molecular weight excluding hydrogens is 434 g/mol. The van der Waals surface area contributed by atoms with Gasteiger partial charge in [0.25, 0.3) is 5.56 Å². The maximum absolute atomic E-state index is 14.0. The predicted molar refractivity (Wildman–Crippen MR) is 137 cm³/mol. The van der Waals surface area contributed by atoms with Crippen LogP contribution in [0.1, 0.15) is 67.5 Å². The number of rotatable bonds is 6. The fourth-order valence-electron chi connectivity index (χ4n) is 5.19. The molecule has 0 atom stereocenters. The lowest BCUT2D eigenvalue weighted by Crippen LogP contribution is -2.33. The van der Waals surface area contributed by atoms with Gasteiger partial charge in [-0.25, -0.2) is 4.52 Å². The maximum Gasteiger partial charge on any atom is 0.259 e. The molecular formula is C29H29N5O. The highest BCUT2D eigenvalue weighted by atomic mass is 16.1. The van der Waals surface area contributed by atoms with Crippen molar-refractivity contribution in [3.63, 3.8) is 0 Å². The summed E-state index contributed by atoms with van der Waals surface area (Å²) in [6, 6.07) is 18.2. The van der Waals surface area contributed by atoms with Crippen LogP contribution in [0.25, 0.3) is 16.9 Å². The van der Waals surface area contributed by atoms with Crippen LogP contribution in [0.3, 0.4) is 0 Å². The van der Waals surface area contributed by atoms with E-state index in [0.717, 1.165) is 66.5 Å². The number of allylic oxidation sites excluding steroid dienone is 1. The second-order valence-corrected chi connectivity index (χ2v) is 9.33. The van der Waals surface area contributed by atoms with Crippen molar-refractivity contribution in [1.82, 2.24) is 19.2 Å². The van der Waals surface area contributed by atoms with Crippen LogP contribution in [0.2, 0.25) is 0 Å². The molecule has 5 rings (SSSR count). The van der Waals surface area contributed by atoms with Gasteiger partial charge in [0.05, 0.1) is 17.3 Å². The average Bonchev–Trinajstić information content (AvgIpc) is 3.37. The lowest BCUT2D eigenvalue weighted by Gasteiger charge is -2.27. The number of benzene rings is 2. The molecule has 0 radical (unpaired) electrons. The summed E-state index contributed by atoms with van der Waals surface area (Å²) >= 11 is 0. The lowest BCUT2D eigenvalue weighted by molar-refractivity contribution is 0.391. The molecule has 35 heavy (non-hydrogen) atoms. The zero-order valence-corrected chi connectivity index (χ0v) is 20.1. The monoisotopic (exact) mass is 463 g/mol. The summed E-state index contributed by atoms with van der Waals surface area (Å²) in [6.45, 7) is 6.25. The molecule has 0 unspecified atom stereocenters. The predicted octanol–water partition coefficient (Wildman–Crippen LogP) is 5.64. The van der Waals surface area contributed by atoms with Crippen LogP contribution >= 0.6 is 0 Å². The van der Waals surface area contributed by atoms with Gasteiger partial charge in [-0.1, -0.05) is 68.0 Å². The standard InChI is InChI=1S/C29H29N5O/c1-3-6-27-26(17-21-11-13-22(14-12-21)25-8-5-4-7-23(25)18-30)28(35)33(29-31-19-32-34(27)29)24-15-9-20(2)10-16-24/h4-5,7-8,11-14,19,24H,2-3,6,9-10,15-17H2,1H3. The molecule has 6 heteroatoms. The summed E-state index contributed by atoms with van der Waals surface area (Å²) in [5.41, 5.74) is 6.66. The topological polar surface area (TPSA) is 76.0 Å². The van der Waals surface area contributed by atoms with Gasteiger partial charge in [-0.2, -0.15) is 15.3 Å². The van der Waals surface area contributed by atoms with Gasteiger partial charge in [-0.15, -0.1) is 0 Å². The largest absolute Gasteiger partial charge is 0.274 e. The number of aromatic nitrogens is 4. The van der Waals surface area contributed by atoms with E-state index in [2.05, 4.69) is 41.8 Å². The molecule has 0 saturated heterocycles. The Morgan fingerprint density at radius 1 is 1.11 bits per heavy atom. The zero-order valence-electron chi connectivity index (χ0n) is 20.1. The Labute approximate surface area is 205 Å². The number of nitriles is 1. The minimum Gasteiger partial charge on any atom is -0.274 e. The smallest absolute Gasteiger partial charge is 0.259 e. The Morgan fingerprint density at radius 3 is 2.57 bits per heavy atom. The van der Waals surface area contributed by atoms with Gasteiger partial charge in [0.1, 0.15) is 6.33 Å². The third kappa shape index (κ3) is 4.30. The van der Waals surface area contributed by atoms with Crippen molar-refractivity contribution >= 4 is 5.78 Å². The normalized spacial score (nSPS) is 14.3. The van der Waals surface area contributed by atoms with Crippen molar-refractivity contribution in [2.75, 3.05) is 0 Å². The van der Waals surface area contributed by atoms with Crippen molar-refractivity contribution < 1.29 is 0 Å². The van der Waals surface area contributed by atoms with Crippen LogP contribution in [-0.4, -0.2) is 19.2 Å². The molecule has 1 aliphatic carbocycles. The average molecular weight is 464 g/mol. The van der Waals surface area contributed by atoms with Crippen molar-refractivity contribution in [2.24, 2.45) is 0 Å². The van der Waals surface area contributed by atoms with Crippen LogP contribution in [0.4, 0.5) is 0 Å². The highest BCUT2D eigenvalue weighted by molar-refractivity contribution is 5.70. The number of hydrogen-bond acceptors (Lipinski definition) is 4. The van der Waals surface area contributed by atoms with Crippen molar-refractivity contribution in [1.29, 1.82) is 5.26 Å². The fourth-order valence-corrected chi connectivity index (χ4v) is 5.19. The number of fused-ring (bicyclic) bond motifs is 1. The van der Waals surface area contributed by atoms with E-state index < -0.39 is 0 Å². The Kier molecular flexibility index (Phi) is 6.33. The van der Waals surface area contributed by atoms with Crippen molar-refractivity contribution in [3.8, 4) is 17.2 Å². The molecule has 1 saturated carbocycles. The Balaban J connectivity index is 1.56. The quantitative estimate of drug-likeness (QED) is 0.347. The number of nitrogens with zero attached hydrogens (tertiary/aromatic N) is 5. The van der Waals surface area contributed by atoms with Crippen LogP contribution in [0.15, 0.2) is 71.8 Å². The van der Waals surface area contributed by atoms with E-state index in [0.29, 0.717) is 17.8 Å². The molecule has 6 nitrogen and oxygen atoms in total. The van der Waals surface area contributed by atoms with Crippen LogP contribution in [0.5, 0.6) is 0 Å². The minimum absolute atomic E-state index is 0.0466. The van der Waals surface area contributed by atoms with Crippen molar-refractivity contribution in [3.05, 3.63) is 99.7 Å². The number of hydrogen-bond donors (Lipinski definition) is 0. The zero-order chi connectivity index (χ0) is 24.4. The molecule has 2 aromatic heterocycles. The SMILES string of the molecule is C=C1CCC(n2c(=O)c(Cc3ccc(-c4ccccc4C#N)cc3)c(CCC)n3ncnc23)CC1. The van der Waals surface area contributed by atoms with Gasteiger partial charge in [0.15, 0.2) is 0 Å². The van der Waals surface area contributed by atoms with Gasteiger partial charge >= 0.3 is 0 Å². The van der Waals surface area contributed by atoms with E-state index in [1.165, 1.54) is 5.57 Å². The van der Waals surface area contributed by atoms with E-state index >= 15 is 0 Å². The summed E-state index contributed by atoms with van der Waals surface area (Å²) in [7, 11) is 0. The second kappa shape index (κ2) is 9.71. The van der Waals surface area contributed by atoms with Gasteiger partial charge in [-0.05, 0) is 54.9 Å². The van der Waals surface area contributed by atoms with Gasteiger partial charge in [0, 0.05) is 18.0 Å². The van der Waals surface area contributed by atoms with Crippen LogP contribution in [0, 0.1) is 11.3 Å². The number of aryl methyl sites for hydroxylation is 1. The fraction of sp³-hybridized carbons (Fsp3) is 0.310. The van der Waals surface area contributed by atoms with Gasteiger partial charge < -0.3 is 0 Å². The Morgan fingerprint density at radius 2 is 1.86 bits per heavy atom. The molecule has 0 N–H and O–H groups in total. The summed E-state index contributed by atoms with van der Waals surface area (Å²) in [5.74, 6) is 0.642. The van der Waals surface area contributed by atoms with Crippen LogP contribution < -0.4 is 5.56 Å². The highest BCUT2D eigenvalue weighted by Crippen LogP contribution is 2.31. The van der Waals surface area contributed by atoms with E-state index in [1.54, 1.807) is 6.33 Å². The summed E-state index contributed by atoms with van der Waals surface area (Å²) in [5, 5.41) is 14.0. The molecule has 0 aliphatic heterocycles. The molecule has 1 fully saturated rings. The second-order valence-electron chi connectivity index (χ2n) is 9.33. The maximum atomic E-state index is 14.0. The van der Waals surface area contributed by atoms with Gasteiger partial charge in [-0.3, -0.25) is 9.36 Å². The molecule has 4 aromatic rings. The minimum atomic E-state index is 0.0466. The third-order valence-corrected chi connectivity index (χ3v) is 7.03. The molecule has 2 heterocycles. The summed E-state index contributed by atoms with van der Waals surface area (Å²) < 4.78 is 3.76. The van der Waals surface area contributed by atoms with E-state index in [4.69, 9.17) is 0 Å². The molecule has 1 aliphatic rings. The molecule has 0 spiro atoms. The van der Waals surface area contributed by atoms with Crippen molar-refractivity contribution in [2.45, 2.75) is 57.9 Å². The highest BCUT2D eigenvalue weighted by Gasteiger charge is 2.25. The first-order valence-electron chi connectivity index (χ1n) is 12.3. The lowest BCUT2D eigenvalue weighted by atomic mass is 9.91. The van der Waals surface area contributed by atoms with E-state index in [-0.39, 0.29) is 11.6 Å². The first-order chi connectivity index (χ1) is 17.1. The third-order valence-electron chi connectivity index (χ3n) is 7.03. The summed E-state index contributed by atoms with van der Waals surface area (Å²) in [4.78, 5) is 18.4. The molecule has 0 bridgehead atoms. The van der Waals surface area contributed by atoms with E-state index in [9.17, 15) is 10.1 Å². The Hall–Kier alpha value is -3.98. The molecule has 2 aromatic carbocycles. The van der Waals surface area contributed by atoms with Crippen LogP contribution in [-0.2, 0) is 12.8 Å². The summed E-state index contributed by atoms with van der Waals surface area (Å²) in [6.07, 6.45) is 7.45. The molecule has 176 valence electrons. The first kappa shape index (κ1) is 22.8.